The molecule has 0 radical (unpaired) electrons. The molecule has 0 spiro atoms. The number of nitrogens with zero attached hydrogens (tertiary/aromatic N) is 1. The Bertz CT molecular complexity index is 1170. The first-order valence-corrected chi connectivity index (χ1v) is 12.9. The summed E-state index contributed by atoms with van der Waals surface area (Å²) < 4.78 is 20.7. The van der Waals surface area contributed by atoms with E-state index in [1.165, 1.54) is 11.0 Å². The lowest BCUT2D eigenvalue weighted by Gasteiger charge is -2.32. The predicted molar refractivity (Wildman–Crippen MR) is 145 cm³/mol. The fourth-order valence-electron chi connectivity index (χ4n) is 4.12. The van der Waals surface area contributed by atoms with Crippen LogP contribution in [0, 0.1) is 5.82 Å². The Morgan fingerprint density at radius 2 is 1.57 bits per heavy atom. The first-order valence-electron chi connectivity index (χ1n) is 12.9. The van der Waals surface area contributed by atoms with E-state index in [0.29, 0.717) is 17.7 Å². The van der Waals surface area contributed by atoms with Crippen LogP contribution in [0.3, 0.4) is 0 Å². The molecule has 37 heavy (non-hydrogen) atoms. The predicted octanol–water partition coefficient (Wildman–Crippen LogP) is 5.88. The Labute approximate surface area is 219 Å². The smallest absolute Gasteiger partial charge is 0.261 e. The number of benzene rings is 3. The van der Waals surface area contributed by atoms with Crippen LogP contribution in [0.5, 0.6) is 5.75 Å². The van der Waals surface area contributed by atoms with Gasteiger partial charge in [-0.05, 0) is 42.5 Å². The van der Waals surface area contributed by atoms with Crippen molar-refractivity contribution in [3.05, 3.63) is 101 Å². The number of nitrogens with one attached hydrogen (secondary N) is 1. The van der Waals surface area contributed by atoms with E-state index in [0.717, 1.165) is 17.5 Å². The second kappa shape index (κ2) is 13.6. The maximum Gasteiger partial charge on any atom is 0.261 e. The number of hydrogen-bond donors (Lipinski definition) is 1. The molecule has 2 atom stereocenters. The summed E-state index contributed by atoms with van der Waals surface area (Å²) >= 11 is 0. The summed E-state index contributed by atoms with van der Waals surface area (Å²) in [5, 5.41) is 3.02. The van der Waals surface area contributed by atoms with Crippen molar-refractivity contribution in [2.24, 2.45) is 0 Å². The molecular weight excluding hydrogens is 467 g/mol. The van der Waals surface area contributed by atoms with E-state index in [2.05, 4.69) is 19.2 Å². The van der Waals surface area contributed by atoms with Gasteiger partial charge in [-0.15, -0.1) is 0 Å². The lowest BCUT2D eigenvalue weighted by atomic mass is 10.0. The molecule has 0 fully saturated rings. The average molecular weight is 505 g/mol. The minimum Gasteiger partial charge on any atom is -0.483 e. The van der Waals surface area contributed by atoms with E-state index in [-0.39, 0.29) is 36.9 Å². The molecule has 196 valence electrons. The third-order valence-electron chi connectivity index (χ3n) is 6.46. The van der Waals surface area contributed by atoms with Gasteiger partial charge < -0.3 is 15.0 Å². The second-order valence-electron chi connectivity index (χ2n) is 9.62. The van der Waals surface area contributed by atoms with Crippen LogP contribution in [-0.4, -0.2) is 35.4 Å². The number of hydrogen-bond acceptors (Lipinski definition) is 3. The van der Waals surface area contributed by atoms with Crippen molar-refractivity contribution in [3.8, 4) is 5.75 Å². The minimum absolute atomic E-state index is 0.0495. The number of carbonyl (C=O) groups is 2. The molecule has 5 nitrogen and oxygen atoms in total. The number of amides is 2. The molecule has 0 aliphatic heterocycles. The summed E-state index contributed by atoms with van der Waals surface area (Å²) in [5.41, 5.74) is 2.24. The monoisotopic (exact) mass is 504 g/mol. The summed E-state index contributed by atoms with van der Waals surface area (Å²) in [5.74, 6) is -0.243. The minimum atomic E-state index is -0.840. The molecule has 0 aromatic heterocycles. The van der Waals surface area contributed by atoms with Crippen LogP contribution in [0.1, 0.15) is 56.7 Å². The van der Waals surface area contributed by atoms with Crippen LogP contribution in [0.15, 0.2) is 78.9 Å². The van der Waals surface area contributed by atoms with Gasteiger partial charge in [-0.3, -0.25) is 9.59 Å². The molecule has 0 aliphatic rings. The quantitative estimate of drug-likeness (QED) is 0.335. The molecule has 3 aromatic carbocycles. The molecule has 1 N–H and O–H groups in total. The van der Waals surface area contributed by atoms with Gasteiger partial charge in [-0.25, -0.2) is 4.39 Å². The van der Waals surface area contributed by atoms with Crippen LogP contribution < -0.4 is 10.1 Å². The highest BCUT2D eigenvalue weighted by Gasteiger charge is 2.32. The molecule has 0 unspecified atom stereocenters. The van der Waals surface area contributed by atoms with E-state index in [9.17, 15) is 14.0 Å². The molecule has 0 saturated heterocycles. The van der Waals surface area contributed by atoms with Gasteiger partial charge in [0, 0.05) is 24.6 Å². The second-order valence-corrected chi connectivity index (χ2v) is 9.62. The molecule has 6 heteroatoms. The first kappa shape index (κ1) is 27.9. The van der Waals surface area contributed by atoms with Gasteiger partial charge in [-0.2, -0.15) is 0 Å². The van der Waals surface area contributed by atoms with Crippen LogP contribution >= 0.6 is 0 Å². The summed E-state index contributed by atoms with van der Waals surface area (Å²) in [6.07, 6.45) is 1.05. The van der Waals surface area contributed by atoms with Crippen molar-refractivity contribution >= 4 is 11.8 Å². The van der Waals surface area contributed by atoms with Crippen molar-refractivity contribution in [2.45, 2.75) is 65.1 Å². The lowest BCUT2D eigenvalue weighted by molar-refractivity contribution is -0.143. The van der Waals surface area contributed by atoms with Crippen LogP contribution in [0.2, 0.25) is 0 Å². The van der Waals surface area contributed by atoms with Gasteiger partial charge in [0.15, 0.2) is 6.61 Å². The van der Waals surface area contributed by atoms with Crippen molar-refractivity contribution in [1.82, 2.24) is 10.2 Å². The zero-order valence-corrected chi connectivity index (χ0v) is 22.1. The van der Waals surface area contributed by atoms with Crippen molar-refractivity contribution in [2.75, 3.05) is 6.61 Å². The summed E-state index contributed by atoms with van der Waals surface area (Å²) in [6.45, 7) is 7.71. The molecule has 2 amide bonds. The highest BCUT2D eigenvalue weighted by atomic mass is 19.1. The molecular formula is C31H37FN2O3. The molecule has 0 heterocycles. The van der Waals surface area contributed by atoms with E-state index in [4.69, 9.17) is 4.74 Å². The van der Waals surface area contributed by atoms with Crippen molar-refractivity contribution in [1.29, 1.82) is 0 Å². The number of carbonyl (C=O) groups excluding carboxylic acids is 2. The number of para-hydroxylation sites is 1. The van der Waals surface area contributed by atoms with Gasteiger partial charge in [0.1, 0.15) is 17.6 Å². The molecule has 3 rings (SSSR count). The van der Waals surface area contributed by atoms with E-state index in [1.807, 2.05) is 68.4 Å². The Morgan fingerprint density at radius 3 is 2.24 bits per heavy atom. The highest BCUT2D eigenvalue weighted by molar-refractivity contribution is 5.88. The summed E-state index contributed by atoms with van der Waals surface area (Å²) in [6, 6.07) is 22.6. The zero-order chi connectivity index (χ0) is 26.8. The number of rotatable bonds is 12. The molecule has 3 aromatic rings. The van der Waals surface area contributed by atoms with Gasteiger partial charge in [0.2, 0.25) is 5.91 Å². The summed E-state index contributed by atoms with van der Waals surface area (Å²) in [4.78, 5) is 28.7. The van der Waals surface area contributed by atoms with Crippen LogP contribution in [0.4, 0.5) is 4.39 Å². The van der Waals surface area contributed by atoms with Gasteiger partial charge in [0.05, 0.1) is 0 Å². The average Bonchev–Trinajstić information content (AvgIpc) is 2.90. The van der Waals surface area contributed by atoms with Crippen LogP contribution in [-0.2, 0) is 22.6 Å². The summed E-state index contributed by atoms with van der Waals surface area (Å²) in [7, 11) is 0. The third kappa shape index (κ3) is 7.91. The third-order valence-corrected chi connectivity index (χ3v) is 6.46. The van der Waals surface area contributed by atoms with E-state index < -0.39 is 11.9 Å². The largest absolute Gasteiger partial charge is 0.483 e. The standard InChI is InChI=1S/C31H37FN2O3/c1-5-23(4)33-31(36)28(19-24-13-7-6-8-14-24)34(20-25-15-9-11-17-27(25)32)30(35)21-37-29-18-12-10-16-26(29)22(2)3/h6-18,22-23,28H,5,19-21H2,1-4H3,(H,33,36)/t23-,28-/m0/s1. The highest BCUT2D eigenvalue weighted by Crippen LogP contribution is 2.26. The Hall–Kier alpha value is -3.67. The Balaban J connectivity index is 1.95. The SMILES string of the molecule is CC[C@H](C)NC(=O)[C@H](Cc1ccccc1)N(Cc1ccccc1F)C(=O)COc1ccccc1C(C)C. The maximum absolute atomic E-state index is 14.7. The maximum atomic E-state index is 14.7. The Kier molecular flexibility index (Phi) is 10.2. The Morgan fingerprint density at radius 1 is 0.919 bits per heavy atom. The van der Waals surface area contributed by atoms with Gasteiger partial charge in [-0.1, -0.05) is 87.5 Å². The van der Waals surface area contributed by atoms with Gasteiger partial charge >= 0.3 is 0 Å². The molecule has 0 saturated carbocycles. The van der Waals surface area contributed by atoms with Crippen LogP contribution in [0.25, 0.3) is 0 Å². The first-order chi connectivity index (χ1) is 17.8. The lowest BCUT2D eigenvalue weighted by Crippen LogP contribution is -2.53. The fraction of sp³-hybridized carbons (Fsp3) is 0.355. The molecule has 0 aliphatic carbocycles. The van der Waals surface area contributed by atoms with Gasteiger partial charge in [0.25, 0.3) is 5.91 Å². The van der Waals surface area contributed by atoms with Crippen molar-refractivity contribution in [3.63, 3.8) is 0 Å². The van der Waals surface area contributed by atoms with E-state index >= 15 is 0 Å². The zero-order valence-electron chi connectivity index (χ0n) is 22.1. The fourth-order valence-corrected chi connectivity index (χ4v) is 4.12. The van der Waals surface area contributed by atoms with Crippen molar-refractivity contribution < 1.29 is 18.7 Å². The topological polar surface area (TPSA) is 58.6 Å². The number of halogens is 1. The number of ether oxygens (including phenoxy) is 1. The molecule has 0 bridgehead atoms. The van der Waals surface area contributed by atoms with E-state index in [1.54, 1.807) is 18.2 Å². The normalized spacial score (nSPS) is 12.6.